The number of benzene rings is 1. The third kappa shape index (κ3) is 4.36. The average Bonchev–Trinajstić information content (AvgIpc) is 2.44. The van der Waals surface area contributed by atoms with E-state index in [1.54, 1.807) is 12.1 Å². The molecule has 1 N–H and O–H groups in total. The molecule has 1 aromatic rings. The summed E-state index contributed by atoms with van der Waals surface area (Å²) in [5, 5.41) is 2.13. The summed E-state index contributed by atoms with van der Waals surface area (Å²) in [4.78, 5) is 6.11. The summed E-state index contributed by atoms with van der Waals surface area (Å²) in [5.41, 5.74) is 0.974. The van der Waals surface area contributed by atoms with Crippen molar-refractivity contribution >= 4 is 10.1 Å². The monoisotopic (exact) mass is 355 g/mol. The Morgan fingerprint density at radius 2 is 1.62 bits per heavy atom. The molecule has 136 valence electrons. The van der Waals surface area contributed by atoms with Crippen LogP contribution in [0, 0.1) is 0 Å². The Labute approximate surface area is 145 Å². The fourth-order valence-corrected chi connectivity index (χ4v) is 4.06. The lowest BCUT2D eigenvalue weighted by atomic mass is 9.82. The molecule has 0 saturated carbocycles. The normalized spacial score (nSPS) is 22.2. The maximum Gasteiger partial charge on any atom is 0.294 e. The molecule has 0 aromatic heterocycles. The predicted molar refractivity (Wildman–Crippen MR) is 94.5 cm³/mol. The van der Waals surface area contributed by atoms with Crippen molar-refractivity contribution in [2.45, 2.75) is 75.8 Å². The first-order chi connectivity index (χ1) is 10.9. The molecule has 1 fully saturated rings. The van der Waals surface area contributed by atoms with Crippen LogP contribution >= 0.6 is 0 Å². The van der Waals surface area contributed by atoms with E-state index < -0.39 is 10.1 Å². The molecule has 2 rings (SSSR count). The largest absolute Gasteiger partial charge is 0.297 e. The van der Waals surface area contributed by atoms with E-state index in [4.69, 9.17) is 9.39 Å². The topological polar surface area (TPSA) is 66.8 Å². The van der Waals surface area contributed by atoms with Gasteiger partial charge in [0.15, 0.2) is 0 Å². The Hall–Kier alpha value is -0.950. The molecule has 5 nitrogen and oxygen atoms in total. The fraction of sp³-hybridized carbons (Fsp3) is 0.667. The van der Waals surface area contributed by atoms with Gasteiger partial charge < -0.3 is 0 Å². The molecule has 1 aliphatic rings. The van der Waals surface area contributed by atoms with Crippen LogP contribution in [-0.2, 0) is 15.0 Å². The summed E-state index contributed by atoms with van der Waals surface area (Å²) in [6.45, 7) is 11.4. The highest BCUT2D eigenvalue weighted by atomic mass is 32.2. The second-order valence-corrected chi connectivity index (χ2v) is 9.44. The summed E-state index contributed by atoms with van der Waals surface area (Å²) < 4.78 is 31.3. The summed E-state index contributed by atoms with van der Waals surface area (Å²) in [6, 6.07) is 6.30. The van der Waals surface area contributed by atoms with Gasteiger partial charge >= 0.3 is 0 Å². The van der Waals surface area contributed by atoms with Crippen molar-refractivity contribution < 1.29 is 17.8 Å². The van der Waals surface area contributed by atoms with Crippen LogP contribution in [0.15, 0.2) is 29.2 Å². The smallest absolute Gasteiger partial charge is 0.294 e. The van der Waals surface area contributed by atoms with Crippen LogP contribution in [0.5, 0.6) is 0 Å². The van der Waals surface area contributed by atoms with Crippen molar-refractivity contribution in [3.8, 4) is 0 Å². The molecule has 1 aliphatic heterocycles. The molecule has 1 unspecified atom stereocenters. The maximum absolute atomic E-state index is 11.1. The highest BCUT2D eigenvalue weighted by Crippen LogP contribution is 2.38. The zero-order chi connectivity index (χ0) is 18.2. The first kappa shape index (κ1) is 19.4. The third-order valence-electron chi connectivity index (χ3n) is 4.88. The van der Waals surface area contributed by atoms with Crippen molar-refractivity contribution in [2.24, 2.45) is 0 Å². The highest BCUT2D eigenvalue weighted by Gasteiger charge is 2.42. The van der Waals surface area contributed by atoms with Crippen LogP contribution in [-0.4, -0.2) is 35.7 Å². The lowest BCUT2D eigenvalue weighted by Crippen LogP contribution is -2.58. The van der Waals surface area contributed by atoms with Crippen LogP contribution in [0.1, 0.15) is 65.4 Å². The van der Waals surface area contributed by atoms with Crippen LogP contribution in [0.25, 0.3) is 0 Å². The molecule has 24 heavy (non-hydrogen) atoms. The van der Waals surface area contributed by atoms with Gasteiger partial charge in [-0.15, -0.1) is 0 Å². The van der Waals surface area contributed by atoms with Crippen molar-refractivity contribution in [2.75, 3.05) is 6.61 Å². The van der Waals surface area contributed by atoms with E-state index in [1.165, 1.54) is 18.6 Å². The lowest BCUT2D eigenvalue weighted by molar-refractivity contribution is -0.282. The van der Waals surface area contributed by atoms with E-state index in [9.17, 15) is 8.42 Å². The Morgan fingerprint density at radius 1 is 1.12 bits per heavy atom. The average molecular weight is 356 g/mol. The molecular weight excluding hydrogens is 326 g/mol. The zero-order valence-electron chi connectivity index (χ0n) is 15.2. The molecule has 0 spiro atoms. The van der Waals surface area contributed by atoms with Crippen LogP contribution in [0.4, 0.5) is 0 Å². The van der Waals surface area contributed by atoms with Gasteiger partial charge in [0.05, 0.1) is 11.5 Å². The molecule has 0 aliphatic carbocycles. The van der Waals surface area contributed by atoms with Gasteiger partial charge in [-0.1, -0.05) is 19.1 Å². The molecule has 1 heterocycles. The molecule has 0 bridgehead atoms. The van der Waals surface area contributed by atoms with Crippen LogP contribution in [0.3, 0.4) is 0 Å². The summed E-state index contributed by atoms with van der Waals surface area (Å²) in [6.07, 6.45) is 3.41. The number of nitrogens with zero attached hydrogens (tertiary/aromatic N) is 1. The first-order valence-corrected chi connectivity index (χ1v) is 9.88. The Morgan fingerprint density at radius 3 is 2.08 bits per heavy atom. The quantitative estimate of drug-likeness (QED) is 0.808. The van der Waals surface area contributed by atoms with E-state index in [2.05, 4.69) is 32.8 Å². The molecule has 6 heteroatoms. The SMILES string of the molecule is CC(CON1C(C)(C)CCCC1(C)C)c1ccc(S(=O)(=O)O)cc1. The van der Waals surface area contributed by atoms with Gasteiger partial charge in [0.1, 0.15) is 0 Å². The molecular formula is C18H29NO4S. The lowest BCUT2D eigenvalue weighted by Gasteiger charge is -2.51. The minimum atomic E-state index is -4.14. The van der Waals surface area contributed by atoms with E-state index in [-0.39, 0.29) is 21.9 Å². The van der Waals surface area contributed by atoms with Crippen molar-refractivity contribution in [3.63, 3.8) is 0 Å². The Balaban J connectivity index is 2.05. The predicted octanol–water partition coefficient (Wildman–Crippen LogP) is 4.01. The minimum Gasteiger partial charge on any atom is -0.297 e. The summed E-state index contributed by atoms with van der Waals surface area (Å²) >= 11 is 0. The van der Waals surface area contributed by atoms with Crippen molar-refractivity contribution in [1.29, 1.82) is 0 Å². The number of rotatable bonds is 5. The maximum atomic E-state index is 11.1. The number of piperidine rings is 1. The zero-order valence-corrected chi connectivity index (χ0v) is 16.1. The van der Waals surface area contributed by atoms with E-state index in [1.807, 2.05) is 6.92 Å². The fourth-order valence-electron chi connectivity index (χ4n) is 3.58. The standard InChI is InChI=1S/C18H29NO4S/c1-14(15-7-9-16(10-8-15)24(20,21)22)13-23-19-17(2,3)11-6-12-18(19,4)5/h7-10,14H,6,11-13H2,1-5H3,(H,20,21,22). The molecule has 1 aromatic carbocycles. The van der Waals surface area contributed by atoms with Crippen LogP contribution in [0.2, 0.25) is 0 Å². The molecule has 1 saturated heterocycles. The Bertz CT molecular complexity index is 649. The van der Waals surface area contributed by atoms with Gasteiger partial charge in [-0.25, -0.2) is 0 Å². The third-order valence-corrected chi connectivity index (χ3v) is 5.75. The molecule has 1 atom stereocenters. The highest BCUT2D eigenvalue weighted by molar-refractivity contribution is 7.85. The van der Waals surface area contributed by atoms with Crippen molar-refractivity contribution in [3.05, 3.63) is 29.8 Å². The number of hydrogen-bond acceptors (Lipinski definition) is 4. The van der Waals surface area contributed by atoms with Crippen molar-refractivity contribution in [1.82, 2.24) is 5.06 Å². The van der Waals surface area contributed by atoms with E-state index in [0.717, 1.165) is 18.4 Å². The van der Waals surface area contributed by atoms with Gasteiger partial charge in [0.2, 0.25) is 0 Å². The Kier molecular flexibility index (Phi) is 5.45. The van der Waals surface area contributed by atoms with Crippen LogP contribution < -0.4 is 0 Å². The molecule has 0 radical (unpaired) electrons. The van der Waals surface area contributed by atoms with Gasteiger partial charge in [0, 0.05) is 17.0 Å². The molecule has 0 amide bonds. The summed E-state index contributed by atoms with van der Waals surface area (Å²) in [7, 11) is -4.14. The second-order valence-electron chi connectivity index (χ2n) is 8.01. The second kappa shape index (κ2) is 6.75. The van der Waals surface area contributed by atoms with E-state index >= 15 is 0 Å². The minimum absolute atomic E-state index is 0.00368. The first-order valence-electron chi connectivity index (χ1n) is 8.44. The number of hydroxylamine groups is 2. The van der Waals surface area contributed by atoms with Gasteiger partial charge in [-0.2, -0.15) is 13.5 Å². The summed E-state index contributed by atoms with van der Waals surface area (Å²) in [5.74, 6) is 0.119. The van der Waals surface area contributed by atoms with Gasteiger partial charge in [-0.3, -0.25) is 9.39 Å². The van der Waals surface area contributed by atoms with Gasteiger partial charge in [0.25, 0.3) is 10.1 Å². The van der Waals surface area contributed by atoms with E-state index in [0.29, 0.717) is 6.61 Å². The van der Waals surface area contributed by atoms with Gasteiger partial charge in [-0.05, 0) is 64.7 Å². The number of hydrogen-bond donors (Lipinski definition) is 1.